The molecule has 0 saturated carbocycles. The van der Waals surface area contributed by atoms with Gasteiger partial charge >= 0.3 is 25.8 Å². The Balaban J connectivity index is 0.000000144. The monoisotopic (exact) mass is 936 g/mol. The number of phenolic OH excluding ortho intramolecular Hbond substituents is 1. The number of aliphatic hydroxyl groups excluding tert-OH is 1. The number of hydrogen-bond acceptors (Lipinski definition) is 11. The Bertz CT molecular complexity index is 2580. The fourth-order valence-electron chi connectivity index (χ4n) is 8.80. The molecule has 0 unspecified atom stereocenters. The maximum Gasteiger partial charge on any atom is 0.387 e. The number of aliphatic hydroxyl groups is 1. The summed E-state index contributed by atoms with van der Waals surface area (Å²) in [5, 5.41) is 18.8. The van der Waals surface area contributed by atoms with Crippen LogP contribution in [-0.4, -0.2) is 61.3 Å². The van der Waals surface area contributed by atoms with E-state index in [1.54, 1.807) is 54.6 Å². The molecule has 354 valence electrons. The van der Waals surface area contributed by atoms with Crippen LogP contribution in [-0.2, 0) is 35.2 Å². The van der Waals surface area contributed by atoms with Crippen LogP contribution >= 0.6 is 0 Å². The fraction of sp³-hybridized carbons (Fsp3) is 0.340. The van der Waals surface area contributed by atoms with Gasteiger partial charge < -0.3 is 38.6 Å². The van der Waals surface area contributed by atoms with E-state index >= 15 is 0 Å². The molecule has 0 saturated heterocycles. The maximum absolute atomic E-state index is 12.6. The van der Waals surface area contributed by atoms with Crippen LogP contribution in [0, 0.1) is 0 Å². The minimum absolute atomic E-state index is 0.000263. The van der Waals surface area contributed by atoms with Crippen molar-refractivity contribution >= 4 is 17.5 Å². The van der Waals surface area contributed by atoms with E-state index in [0.717, 1.165) is 22.3 Å². The molecule has 5 aromatic rings. The Morgan fingerprint density at radius 2 is 1.18 bits per heavy atom. The van der Waals surface area contributed by atoms with Crippen LogP contribution in [0.3, 0.4) is 0 Å². The molecule has 0 amide bonds. The summed E-state index contributed by atoms with van der Waals surface area (Å²) in [7, 11) is 1.37. The van der Waals surface area contributed by atoms with Crippen molar-refractivity contribution in [2.75, 3.05) is 13.7 Å². The molecule has 10 rings (SSSR count). The SMILES string of the molecule is COC(=O)C[C@@H]1COc2cc(O[C@@H]3CCc4c(OC(F)F)cccc43)ccc21.O=C1CCc2c(O)cccc21.O=C1CCc2c(OC(F)F)cccc21.O[C@H]1CCc2c(OC(F)F)cccc21. The van der Waals surface area contributed by atoms with Gasteiger partial charge in [0.25, 0.3) is 0 Å². The number of methoxy groups -OCH3 is 1. The van der Waals surface area contributed by atoms with Crippen molar-refractivity contribution in [2.24, 2.45) is 0 Å². The summed E-state index contributed by atoms with van der Waals surface area (Å²) in [6.45, 7) is -8.07. The predicted molar refractivity (Wildman–Crippen MR) is 229 cm³/mol. The Kier molecular flexibility index (Phi) is 15.6. The van der Waals surface area contributed by atoms with Crippen LogP contribution < -0.4 is 23.7 Å². The van der Waals surface area contributed by atoms with Gasteiger partial charge in [0.2, 0.25) is 0 Å². The van der Waals surface area contributed by atoms with Gasteiger partial charge in [-0.2, -0.15) is 26.3 Å². The van der Waals surface area contributed by atoms with Gasteiger partial charge in [-0.1, -0.05) is 54.6 Å². The Hall–Kier alpha value is -6.75. The highest BCUT2D eigenvalue weighted by Gasteiger charge is 2.31. The highest BCUT2D eigenvalue weighted by molar-refractivity contribution is 6.01. The second kappa shape index (κ2) is 21.7. The summed E-state index contributed by atoms with van der Waals surface area (Å²) in [6.07, 6.45) is 4.11. The highest BCUT2D eigenvalue weighted by Crippen LogP contribution is 2.43. The Morgan fingerprint density at radius 3 is 1.79 bits per heavy atom. The number of alkyl halides is 6. The average Bonchev–Trinajstić information content (AvgIpc) is 4.15. The number of esters is 1. The summed E-state index contributed by atoms with van der Waals surface area (Å²) in [4.78, 5) is 33.9. The van der Waals surface area contributed by atoms with Gasteiger partial charge in [-0.15, -0.1) is 0 Å². The normalized spacial score (nSPS) is 17.9. The van der Waals surface area contributed by atoms with Crippen molar-refractivity contribution < 1.29 is 79.4 Å². The molecule has 0 fully saturated rings. The van der Waals surface area contributed by atoms with Gasteiger partial charge in [-0.05, 0) is 80.0 Å². The first-order valence-electron chi connectivity index (χ1n) is 21.5. The predicted octanol–water partition coefficient (Wildman–Crippen LogP) is 10.6. The molecule has 17 heteroatoms. The number of rotatable bonds is 10. The second-order valence-electron chi connectivity index (χ2n) is 15.9. The van der Waals surface area contributed by atoms with Gasteiger partial charge in [-0.3, -0.25) is 14.4 Å². The minimum atomic E-state index is -2.85. The van der Waals surface area contributed by atoms with E-state index in [-0.39, 0.29) is 59.0 Å². The summed E-state index contributed by atoms with van der Waals surface area (Å²) in [6, 6.07) is 25.3. The van der Waals surface area contributed by atoms with E-state index in [1.165, 1.54) is 19.2 Å². The van der Waals surface area contributed by atoms with E-state index < -0.39 is 25.9 Å². The first-order valence-corrected chi connectivity index (χ1v) is 21.5. The van der Waals surface area contributed by atoms with Crippen LogP contribution in [0.2, 0.25) is 0 Å². The van der Waals surface area contributed by atoms with E-state index in [0.29, 0.717) is 97.3 Å². The Labute approximate surface area is 381 Å². The van der Waals surface area contributed by atoms with Gasteiger partial charge in [0.1, 0.15) is 40.6 Å². The lowest BCUT2D eigenvalue weighted by Gasteiger charge is -2.16. The van der Waals surface area contributed by atoms with Crippen molar-refractivity contribution in [1.29, 1.82) is 0 Å². The molecule has 0 spiro atoms. The van der Waals surface area contributed by atoms with Crippen LogP contribution in [0.4, 0.5) is 26.3 Å². The zero-order chi connectivity index (χ0) is 47.8. The lowest BCUT2D eigenvalue weighted by Crippen LogP contribution is -2.09. The molecular formula is C50H46F6O11. The molecule has 0 aromatic heterocycles. The van der Waals surface area contributed by atoms with Gasteiger partial charge in [0.15, 0.2) is 11.6 Å². The molecule has 0 bridgehead atoms. The number of hydrogen-bond donors (Lipinski definition) is 2. The third-order valence-corrected chi connectivity index (χ3v) is 11.9. The van der Waals surface area contributed by atoms with Crippen molar-refractivity contribution in [3.63, 3.8) is 0 Å². The third-order valence-electron chi connectivity index (χ3n) is 11.9. The number of fused-ring (bicyclic) bond motifs is 5. The first kappa shape index (κ1) is 48.2. The number of carbonyl (C=O) groups excluding carboxylic acids is 3. The van der Waals surface area contributed by atoms with Crippen molar-refractivity contribution in [3.8, 4) is 34.5 Å². The number of halogens is 6. The number of benzene rings is 5. The number of Topliss-reactive ketones (excluding diaryl/α,β-unsaturated/α-hetero) is 2. The van der Waals surface area contributed by atoms with Crippen LogP contribution in [0.1, 0.15) is 110 Å². The zero-order valence-corrected chi connectivity index (χ0v) is 36.0. The second-order valence-corrected chi connectivity index (χ2v) is 15.9. The van der Waals surface area contributed by atoms with Crippen LogP contribution in [0.15, 0.2) is 91.0 Å². The maximum atomic E-state index is 12.6. The first-order chi connectivity index (χ1) is 32.2. The van der Waals surface area contributed by atoms with Gasteiger partial charge in [0.05, 0.1) is 26.2 Å². The summed E-state index contributed by atoms with van der Waals surface area (Å²) >= 11 is 0. The molecule has 1 aliphatic heterocycles. The summed E-state index contributed by atoms with van der Waals surface area (Å²) in [5.74, 6) is 1.96. The summed E-state index contributed by atoms with van der Waals surface area (Å²) in [5.41, 5.74) is 6.65. The molecular weight excluding hydrogens is 891 g/mol. The minimum Gasteiger partial charge on any atom is -0.508 e. The molecule has 67 heavy (non-hydrogen) atoms. The number of ether oxygens (including phenoxy) is 6. The molecule has 5 aliphatic rings. The lowest BCUT2D eigenvalue weighted by molar-refractivity contribution is -0.141. The Morgan fingerprint density at radius 1 is 0.642 bits per heavy atom. The number of aromatic hydroxyl groups is 1. The lowest BCUT2D eigenvalue weighted by atomic mass is 9.98. The molecule has 11 nitrogen and oxygen atoms in total. The number of ketones is 2. The third kappa shape index (κ3) is 11.6. The molecule has 3 atom stereocenters. The van der Waals surface area contributed by atoms with Crippen molar-refractivity contribution in [2.45, 2.75) is 95.7 Å². The van der Waals surface area contributed by atoms with Gasteiger partial charge in [0, 0.05) is 63.8 Å². The smallest absolute Gasteiger partial charge is 0.387 e. The van der Waals surface area contributed by atoms with E-state index in [4.69, 9.17) is 14.2 Å². The largest absolute Gasteiger partial charge is 0.508 e. The number of phenols is 1. The van der Waals surface area contributed by atoms with Crippen molar-refractivity contribution in [1.82, 2.24) is 0 Å². The van der Waals surface area contributed by atoms with E-state index in [2.05, 4.69) is 14.2 Å². The van der Waals surface area contributed by atoms with Crippen molar-refractivity contribution in [3.05, 3.63) is 141 Å². The van der Waals surface area contributed by atoms with E-state index in [1.807, 2.05) is 24.3 Å². The quantitative estimate of drug-likeness (QED) is 0.102. The fourth-order valence-corrected chi connectivity index (χ4v) is 8.80. The molecule has 1 heterocycles. The van der Waals surface area contributed by atoms with Crippen LogP contribution in [0.25, 0.3) is 0 Å². The molecule has 5 aromatic carbocycles. The molecule has 0 radical (unpaired) electrons. The van der Waals surface area contributed by atoms with E-state index in [9.17, 15) is 50.9 Å². The zero-order valence-electron chi connectivity index (χ0n) is 36.0. The summed E-state index contributed by atoms with van der Waals surface area (Å²) < 4.78 is 103. The topological polar surface area (TPSA) is 147 Å². The molecule has 2 N–H and O–H groups in total. The average molecular weight is 937 g/mol. The molecule has 4 aliphatic carbocycles. The van der Waals surface area contributed by atoms with Crippen LogP contribution in [0.5, 0.6) is 34.5 Å². The van der Waals surface area contributed by atoms with Gasteiger partial charge in [-0.25, -0.2) is 0 Å². The highest BCUT2D eigenvalue weighted by atomic mass is 19.3. The number of carbonyl (C=O) groups is 3. The standard InChI is InChI=1S/C21H20F2O5.C10H10F2O2.C10H8F2O2.C9H8O2/c1-25-20(24)9-12-11-26-19-10-13(5-6-14(12)19)27-18-8-7-16-15(18)3-2-4-17(16)28-21(22)23;2*11-10(12)14-9-3-1-2-6-7(9)4-5-8(6)13;10-8-3-1-2-6-7(8)4-5-9(6)11/h2-6,10,12,18,21H,7-9,11H2,1H3;1-3,8,10,13H,4-5H2;1-3,10H,4-5H2;1-3,10H,4-5H2/t12-,18-;8-;;/m10../s1.